The molecular weight excluding hydrogens is 212 g/mol. The number of carbonyl (C=O) groups excluding carboxylic acids is 1. The van der Waals surface area contributed by atoms with Crippen LogP contribution in [0.25, 0.3) is 0 Å². The van der Waals surface area contributed by atoms with Gasteiger partial charge in [-0.3, -0.25) is 10.2 Å². The van der Waals surface area contributed by atoms with Crippen molar-refractivity contribution < 1.29 is 4.79 Å². The van der Waals surface area contributed by atoms with Gasteiger partial charge in [-0.25, -0.2) is 5.01 Å². The molecule has 0 aromatic heterocycles. The Labute approximate surface area is 103 Å². The summed E-state index contributed by atoms with van der Waals surface area (Å²) in [7, 11) is 0. The fourth-order valence-electron chi connectivity index (χ4n) is 3.59. The van der Waals surface area contributed by atoms with Crippen molar-refractivity contribution in [3.05, 3.63) is 11.6 Å². The number of allylic oxidation sites excluding steroid dienone is 1. The highest BCUT2D eigenvalue weighted by Gasteiger charge is 2.36. The summed E-state index contributed by atoms with van der Waals surface area (Å²) in [6.45, 7) is 2.15. The van der Waals surface area contributed by atoms with E-state index in [0.717, 1.165) is 43.3 Å². The molecule has 3 aliphatic rings. The van der Waals surface area contributed by atoms with Crippen LogP contribution in [0.5, 0.6) is 0 Å². The fourth-order valence-corrected chi connectivity index (χ4v) is 3.59. The highest BCUT2D eigenvalue weighted by atomic mass is 16.2. The molecule has 2 atom stereocenters. The van der Waals surface area contributed by atoms with E-state index in [0.29, 0.717) is 0 Å². The second kappa shape index (κ2) is 4.81. The summed E-state index contributed by atoms with van der Waals surface area (Å²) in [6.07, 6.45) is 10.7. The maximum Gasteiger partial charge on any atom is 0.261 e. The number of hydrogen-bond donors (Lipinski definition) is 1. The molecule has 2 fully saturated rings. The highest BCUT2D eigenvalue weighted by Crippen LogP contribution is 2.36. The van der Waals surface area contributed by atoms with Crippen LogP contribution in [0.15, 0.2) is 11.6 Å². The first-order valence-corrected chi connectivity index (χ1v) is 7.08. The van der Waals surface area contributed by atoms with Crippen LogP contribution in [0.2, 0.25) is 0 Å². The van der Waals surface area contributed by atoms with E-state index in [-0.39, 0.29) is 5.91 Å². The summed E-state index contributed by atoms with van der Waals surface area (Å²) < 4.78 is 0. The molecule has 3 rings (SSSR count). The molecule has 3 heteroatoms. The lowest BCUT2D eigenvalue weighted by Gasteiger charge is -2.20. The Balaban J connectivity index is 1.53. The van der Waals surface area contributed by atoms with E-state index >= 15 is 0 Å². The topological polar surface area (TPSA) is 32.3 Å². The molecular formula is C14H22N2O. The van der Waals surface area contributed by atoms with Gasteiger partial charge in [0.25, 0.3) is 5.91 Å². The lowest BCUT2D eigenvalue weighted by Crippen LogP contribution is -2.42. The average molecular weight is 234 g/mol. The molecule has 2 aliphatic carbocycles. The quantitative estimate of drug-likeness (QED) is 0.795. The number of carbonyl (C=O) groups is 1. The monoisotopic (exact) mass is 234 g/mol. The first kappa shape index (κ1) is 11.3. The van der Waals surface area contributed by atoms with Crippen molar-refractivity contribution in [2.75, 3.05) is 13.1 Å². The van der Waals surface area contributed by atoms with E-state index in [1.54, 1.807) is 0 Å². The van der Waals surface area contributed by atoms with E-state index < -0.39 is 0 Å². The van der Waals surface area contributed by atoms with Crippen molar-refractivity contribution in [3.63, 3.8) is 0 Å². The van der Waals surface area contributed by atoms with Crippen LogP contribution in [0.4, 0.5) is 0 Å². The molecule has 1 N–H and O–H groups in total. The largest absolute Gasteiger partial charge is 0.285 e. The molecule has 0 aromatic carbocycles. The minimum Gasteiger partial charge on any atom is -0.285 e. The Kier molecular flexibility index (Phi) is 3.19. The molecule has 1 amide bonds. The summed E-state index contributed by atoms with van der Waals surface area (Å²) in [5, 5.41) is 2.16. The zero-order valence-electron chi connectivity index (χ0n) is 10.5. The van der Waals surface area contributed by atoms with Crippen molar-refractivity contribution in [3.8, 4) is 0 Å². The molecule has 17 heavy (non-hydrogen) atoms. The molecule has 2 unspecified atom stereocenters. The highest BCUT2D eigenvalue weighted by molar-refractivity contribution is 5.93. The number of nitrogens with zero attached hydrogens (tertiary/aromatic N) is 1. The zero-order chi connectivity index (χ0) is 11.7. The van der Waals surface area contributed by atoms with Gasteiger partial charge in [0.15, 0.2) is 0 Å². The van der Waals surface area contributed by atoms with Crippen LogP contribution in [0.3, 0.4) is 0 Å². The molecule has 3 nitrogen and oxygen atoms in total. The van der Waals surface area contributed by atoms with Crippen molar-refractivity contribution in [1.82, 2.24) is 10.4 Å². The summed E-state index contributed by atoms with van der Waals surface area (Å²) in [6, 6.07) is 0. The van der Waals surface area contributed by atoms with Gasteiger partial charge in [-0.15, -0.1) is 0 Å². The minimum absolute atomic E-state index is 0.157. The van der Waals surface area contributed by atoms with Crippen molar-refractivity contribution >= 4 is 5.91 Å². The number of hydrazine groups is 1. The van der Waals surface area contributed by atoms with Gasteiger partial charge in [-0.2, -0.15) is 0 Å². The lowest BCUT2D eigenvalue weighted by atomic mass is 9.99. The van der Waals surface area contributed by atoms with E-state index in [1.165, 1.54) is 32.1 Å². The van der Waals surface area contributed by atoms with Crippen LogP contribution < -0.4 is 5.43 Å². The summed E-state index contributed by atoms with van der Waals surface area (Å²) in [5.41, 5.74) is 4.11. The van der Waals surface area contributed by atoms with Crippen molar-refractivity contribution in [2.45, 2.75) is 44.9 Å². The first-order chi connectivity index (χ1) is 8.33. The molecule has 0 bridgehead atoms. The SMILES string of the molecule is O=C(NN1CC2CCCC2C1)C1=CCCCC1. The van der Waals surface area contributed by atoms with E-state index in [1.807, 2.05) is 0 Å². The third-order valence-corrected chi connectivity index (χ3v) is 4.57. The number of rotatable bonds is 2. The van der Waals surface area contributed by atoms with Crippen LogP contribution in [-0.4, -0.2) is 24.0 Å². The normalized spacial score (nSPS) is 33.3. The first-order valence-electron chi connectivity index (χ1n) is 7.08. The lowest BCUT2D eigenvalue weighted by molar-refractivity contribution is -0.122. The van der Waals surface area contributed by atoms with Crippen LogP contribution in [0.1, 0.15) is 44.9 Å². The van der Waals surface area contributed by atoms with Crippen LogP contribution in [0, 0.1) is 11.8 Å². The summed E-state index contributed by atoms with van der Waals surface area (Å²) >= 11 is 0. The second-order valence-corrected chi connectivity index (χ2v) is 5.77. The molecule has 0 spiro atoms. The van der Waals surface area contributed by atoms with Crippen LogP contribution >= 0.6 is 0 Å². The van der Waals surface area contributed by atoms with E-state index in [4.69, 9.17) is 0 Å². The fraction of sp³-hybridized carbons (Fsp3) is 0.786. The minimum atomic E-state index is 0.157. The standard InChI is InChI=1S/C14H22N2O/c17-14(11-5-2-1-3-6-11)15-16-9-12-7-4-8-13(12)10-16/h5,12-13H,1-4,6-10H2,(H,15,17). The summed E-state index contributed by atoms with van der Waals surface area (Å²) in [5.74, 6) is 1.84. The van der Waals surface area contributed by atoms with Crippen molar-refractivity contribution in [1.29, 1.82) is 0 Å². The molecule has 0 aromatic rings. The van der Waals surface area contributed by atoms with Gasteiger partial charge in [0.2, 0.25) is 0 Å². The maximum absolute atomic E-state index is 12.1. The van der Waals surface area contributed by atoms with Gasteiger partial charge < -0.3 is 0 Å². The smallest absolute Gasteiger partial charge is 0.261 e. The number of amides is 1. The Morgan fingerprint density at radius 1 is 1.18 bits per heavy atom. The van der Waals surface area contributed by atoms with Gasteiger partial charge in [0, 0.05) is 18.7 Å². The molecule has 1 saturated heterocycles. The molecule has 1 heterocycles. The Hall–Kier alpha value is -0.830. The van der Waals surface area contributed by atoms with Crippen molar-refractivity contribution in [2.24, 2.45) is 11.8 Å². The predicted molar refractivity (Wildman–Crippen MR) is 67.1 cm³/mol. The maximum atomic E-state index is 12.1. The second-order valence-electron chi connectivity index (χ2n) is 5.77. The van der Waals surface area contributed by atoms with Gasteiger partial charge in [0.1, 0.15) is 0 Å². The Morgan fingerprint density at radius 2 is 1.94 bits per heavy atom. The number of nitrogens with one attached hydrogen (secondary N) is 1. The van der Waals surface area contributed by atoms with Gasteiger partial charge >= 0.3 is 0 Å². The van der Waals surface area contributed by atoms with E-state index in [2.05, 4.69) is 16.5 Å². The average Bonchev–Trinajstić information content (AvgIpc) is 2.90. The third-order valence-electron chi connectivity index (χ3n) is 4.57. The number of fused-ring (bicyclic) bond motifs is 1. The van der Waals surface area contributed by atoms with Gasteiger partial charge in [-0.05, 0) is 50.4 Å². The molecule has 1 aliphatic heterocycles. The van der Waals surface area contributed by atoms with Crippen LogP contribution in [-0.2, 0) is 4.79 Å². The van der Waals surface area contributed by atoms with Gasteiger partial charge in [-0.1, -0.05) is 12.5 Å². The molecule has 0 radical (unpaired) electrons. The predicted octanol–water partition coefficient (Wildman–Crippen LogP) is 2.25. The number of hydrogen-bond acceptors (Lipinski definition) is 2. The zero-order valence-corrected chi connectivity index (χ0v) is 10.5. The summed E-state index contributed by atoms with van der Waals surface area (Å²) in [4.78, 5) is 12.1. The third kappa shape index (κ3) is 2.39. The molecule has 94 valence electrons. The van der Waals surface area contributed by atoms with Gasteiger partial charge in [0.05, 0.1) is 0 Å². The van der Waals surface area contributed by atoms with E-state index in [9.17, 15) is 4.79 Å². The molecule has 1 saturated carbocycles. The Bertz CT molecular complexity index is 325. The Morgan fingerprint density at radius 3 is 2.59 bits per heavy atom.